The number of alkyl halides is 3. The molecule has 1 saturated heterocycles. The second-order valence-electron chi connectivity index (χ2n) is 3.10. The Bertz CT molecular complexity index is 204. The predicted molar refractivity (Wildman–Crippen MR) is 47.4 cm³/mol. The van der Waals surface area contributed by atoms with Gasteiger partial charge in [0.1, 0.15) is 6.54 Å². The van der Waals surface area contributed by atoms with E-state index in [1.807, 2.05) is 6.92 Å². The lowest BCUT2D eigenvalue weighted by atomic mass is 10.1. The number of halogens is 3. The first-order valence-electron chi connectivity index (χ1n) is 4.01. The number of thiocarbonyl (C=S) groups is 1. The molecule has 13 heavy (non-hydrogen) atoms. The number of rotatable bonds is 1. The fourth-order valence-electron chi connectivity index (χ4n) is 1.10. The van der Waals surface area contributed by atoms with Crippen molar-refractivity contribution in [3.05, 3.63) is 0 Å². The van der Waals surface area contributed by atoms with Gasteiger partial charge in [-0.1, -0.05) is 0 Å². The average molecular weight is 212 g/mol. The second-order valence-corrected chi connectivity index (χ2v) is 3.49. The lowest BCUT2D eigenvalue weighted by Crippen LogP contribution is -2.54. The van der Waals surface area contributed by atoms with Crippen LogP contribution < -0.4 is 5.32 Å². The molecule has 0 bridgehead atoms. The standard InChI is InChI=1S/C7H11F3N2S/c1-5-2-3-12(5)6(13)11-4-7(8,9)10/h5H,2-4H2,1H3,(H,11,13). The van der Waals surface area contributed by atoms with Crippen LogP contribution in [0, 0.1) is 0 Å². The van der Waals surface area contributed by atoms with Crippen LogP contribution in [0.5, 0.6) is 0 Å². The van der Waals surface area contributed by atoms with E-state index in [4.69, 9.17) is 12.2 Å². The molecule has 0 amide bonds. The summed E-state index contributed by atoms with van der Waals surface area (Å²) < 4.78 is 35.3. The van der Waals surface area contributed by atoms with Crippen LogP contribution >= 0.6 is 12.2 Å². The maximum absolute atomic E-state index is 11.8. The van der Waals surface area contributed by atoms with Gasteiger partial charge in [-0.05, 0) is 25.6 Å². The van der Waals surface area contributed by atoms with E-state index in [1.54, 1.807) is 4.90 Å². The summed E-state index contributed by atoms with van der Waals surface area (Å²) in [5, 5.41) is 2.39. The van der Waals surface area contributed by atoms with Gasteiger partial charge in [0, 0.05) is 12.6 Å². The molecular weight excluding hydrogens is 201 g/mol. The van der Waals surface area contributed by atoms with Crippen molar-refractivity contribution in [1.82, 2.24) is 10.2 Å². The second kappa shape index (κ2) is 3.69. The van der Waals surface area contributed by atoms with Gasteiger partial charge >= 0.3 is 6.18 Å². The molecule has 0 aromatic heterocycles. The molecule has 0 saturated carbocycles. The van der Waals surface area contributed by atoms with E-state index < -0.39 is 12.7 Å². The molecule has 0 aromatic rings. The molecule has 6 heteroatoms. The Hall–Kier alpha value is -0.520. The van der Waals surface area contributed by atoms with Crippen molar-refractivity contribution < 1.29 is 13.2 Å². The Balaban J connectivity index is 2.26. The zero-order valence-corrected chi connectivity index (χ0v) is 8.00. The summed E-state index contributed by atoms with van der Waals surface area (Å²) in [6.45, 7) is 1.64. The van der Waals surface area contributed by atoms with Crippen molar-refractivity contribution in [2.75, 3.05) is 13.1 Å². The molecule has 1 aliphatic heterocycles. The molecule has 1 unspecified atom stereocenters. The first-order valence-corrected chi connectivity index (χ1v) is 4.42. The maximum Gasteiger partial charge on any atom is 0.405 e. The van der Waals surface area contributed by atoms with Crippen molar-refractivity contribution in [3.63, 3.8) is 0 Å². The summed E-state index contributed by atoms with van der Waals surface area (Å²) in [4.78, 5) is 1.75. The van der Waals surface area contributed by atoms with Crippen LogP contribution in [0.2, 0.25) is 0 Å². The van der Waals surface area contributed by atoms with Crippen LogP contribution in [0.1, 0.15) is 13.3 Å². The number of nitrogens with zero attached hydrogens (tertiary/aromatic N) is 1. The third kappa shape index (κ3) is 3.02. The van der Waals surface area contributed by atoms with Gasteiger partial charge in [0.25, 0.3) is 0 Å². The van der Waals surface area contributed by atoms with E-state index in [2.05, 4.69) is 5.32 Å². The van der Waals surface area contributed by atoms with E-state index >= 15 is 0 Å². The maximum atomic E-state index is 11.8. The zero-order valence-electron chi connectivity index (χ0n) is 7.19. The molecule has 0 aliphatic carbocycles. The average Bonchev–Trinajstić information content (AvgIpc) is 1.97. The molecule has 1 fully saturated rings. The van der Waals surface area contributed by atoms with E-state index in [-0.39, 0.29) is 11.2 Å². The van der Waals surface area contributed by atoms with Crippen LogP contribution in [0.3, 0.4) is 0 Å². The number of hydrogen-bond acceptors (Lipinski definition) is 1. The van der Waals surface area contributed by atoms with Gasteiger partial charge in [-0.3, -0.25) is 0 Å². The van der Waals surface area contributed by atoms with Crippen molar-refractivity contribution in [2.45, 2.75) is 25.6 Å². The Morgan fingerprint density at radius 2 is 2.23 bits per heavy atom. The van der Waals surface area contributed by atoms with E-state index in [0.29, 0.717) is 0 Å². The molecule has 0 spiro atoms. The minimum Gasteiger partial charge on any atom is -0.354 e. The summed E-state index contributed by atoms with van der Waals surface area (Å²) >= 11 is 4.79. The molecule has 1 rings (SSSR count). The van der Waals surface area contributed by atoms with Crippen LogP contribution in [0.25, 0.3) is 0 Å². The Morgan fingerprint density at radius 3 is 2.54 bits per heavy atom. The highest BCUT2D eigenvalue weighted by atomic mass is 32.1. The monoisotopic (exact) mass is 212 g/mol. The lowest BCUT2D eigenvalue weighted by molar-refractivity contribution is -0.122. The molecule has 1 atom stereocenters. The van der Waals surface area contributed by atoms with Crippen molar-refractivity contribution in [3.8, 4) is 0 Å². The largest absolute Gasteiger partial charge is 0.405 e. The third-order valence-corrected chi connectivity index (χ3v) is 2.40. The highest BCUT2D eigenvalue weighted by Gasteiger charge is 2.30. The molecule has 0 aromatic carbocycles. The van der Waals surface area contributed by atoms with Gasteiger partial charge in [-0.2, -0.15) is 13.2 Å². The molecule has 1 aliphatic rings. The Labute approximate surface area is 80.1 Å². The normalized spacial score (nSPS) is 22.5. The lowest BCUT2D eigenvalue weighted by Gasteiger charge is -2.40. The first-order chi connectivity index (χ1) is 5.90. The van der Waals surface area contributed by atoms with Crippen molar-refractivity contribution in [2.24, 2.45) is 0 Å². The number of likely N-dealkylation sites (tertiary alicyclic amines) is 1. The number of hydrogen-bond donors (Lipinski definition) is 1. The van der Waals surface area contributed by atoms with Crippen LogP contribution in [-0.4, -0.2) is 35.3 Å². The fourth-order valence-corrected chi connectivity index (χ4v) is 1.44. The summed E-state index contributed by atoms with van der Waals surface area (Å²) in [5.74, 6) is 0. The van der Waals surface area contributed by atoms with Crippen LogP contribution in [0.15, 0.2) is 0 Å². The Morgan fingerprint density at radius 1 is 1.62 bits per heavy atom. The number of nitrogens with one attached hydrogen (secondary N) is 1. The van der Waals surface area contributed by atoms with E-state index in [0.717, 1.165) is 13.0 Å². The molecule has 1 heterocycles. The molecular formula is C7H11F3N2S. The highest BCUT2D eigenvalue weighted by Crippen LogP contribution is 2.17. The van der Waals surface area contributed by atoms with E-state index in [1.165, 1.54) is 0 Å². The molecule has 1 N–H and O–H groups in total. The van der Waals surface area contributed by atoms with Crippen LogP contribution in [0.4, 0.5) is 13.2 Å². The third-order valence-electron chi connectivity index (χ3n) is 2.02. The van der Waals surface area contributed by atoms with Crippen molar-refractivity contribution in [1.29, 1.82) is 0 Å². The zero-order chi connectivity index (χ0) is 10.1. The smallest absolute Gasteiger partial charge is 0.354 e. The van der Waals surface area contributed by atoms with Gasteiger partial charge in [-0.15, -0.1) is 0 Å². The van der Waals surface area contributed by atoms with Gasteiger partial charge in [0.05, 0.1) is 0 Å². The first kappa shape index (κ1) is 10.6. The predicted octanol–water partition coefficient (Wildman–Crippen LogP) is 1.52. The summed E-state index contributed by atoms with van der Waals surface area (Å²) in [6.07, 6.45) is -3.20. The SMILES string of the molecule is CC1CCN1C(=S)NCC(F)(F)F. The Kier molecular flexibility index (Phi) is 3.00. The fraction of sp³-hybridized carbons (Fsp3) is 0.857. The minimum absolute atomic E-state index is 0.205. The van der Waals surface area contributed by atoms with Crippen molar-refractivity contribution >= 4 is 17.3 Å². The quantitative estimate of drug-likeness (QED) is 0.663. The summed E-state index contributed by atoms with van der Waals surface area (Å²) in [6, 6.07) is 0.272. The molecule has 2 nitrogen and oxygen atoms in total. The molecule has 0 radical (unpaired) electrons. The van der Waals surface area contributed by atoms with Gasteiger partial charge in [-0.25, -0.2) is 0 Å². The molecule has 76 valence electrons. The summed E-state index contributed by atoms with van der Waals surface area (Å²) in [7, 11) is 0. The topological polar surface area (TPSA) is 15.3 Å². The minimum atomic E-state index is -4.20. The van der Waals surface area contributed by atoms with Gasteiger partial charge in [0.2, 0.25) is 0 Å². The summed E-state index contributed by atoms with van der Waals surface area (Å²) in [5.41, 5.74) is 0. The van der Waals surface area contributed by atoms with E-state index in [9.17, 15) is 13.2 Å². The van der Waals surface area contributed by atoms with Crippen LogP contribution in [-0.2, 0) is 0 Å². The highest BCUT2D eigenvalue weighted by molar-refractivity contribution is 7.80. The van der Waals surface area contributed by atoms with Gasteiger partial charge in [0.15, 0.2) is 5.11 Å². The van der Waals surface area contributed by atoms with Gasteiger partial charge < -0.3 is 10.2 Å².